The molecule has 14 heavy (non-hydrogen) atoms. The highest BCUT2D eigenvalue weighted by Gasteiger charge is 2.28. The van der Waals surface area contributed by atoms with Gasteiger partial charge in [-0.05, 0) is 6.42 Å². The molecule has 0 saturated carbocycles. The average molecular weight is 202 g/mol. The van der Waals surface area contributed by atoms with Gasteiger partial charge in [-0.2, -0.15) is 0 Å². The van der Waals surface area contributed by atoms with Gasteiger partial charge in [0, 0.05) is 13.3 Å². The summed E-state index contributed by atoms with van der Waals surface area (Å²) in [6.07, 6.45) is 0.664. The molecule has 0 radical (unpaired) electrons. The van der Waals surface area contributed by atoms with Crippen LogP contribution in [-0.4, -0.2) is 31.9 Å². The van der Waals surface area contributed by atoms with E-state index in [0.717, 1.165) is 0 Å². The standard InChI is InChI=1S/C9H14O5/c1-6(10)14-8-4-3-7(5-13-8)9(11)12-2/h7-8H,3-5H2,1-2H3/t7-,8-/m1/s1. The number of esters is 2. The largest absolute Gasteiger partial charge is 0.469 e. The first-order valence-electron chi connectivity index (χ1n) is 4.50. The van der Waals surface area contributed by atoms with Crippen molar-refractivity contribution in [2.45, 2.75) is 26.1 Å². The summed E-state index contributed by atoms with van der Waals surface area (Å²) < 4.78 is 14.6. The van der Waals surface area contributed by atoms with Gasteiger partial charge in [0.05, 0.1) is 19.6 Å². The molecule has 0 aromatic rings. The number of carbonyl (C=O) groups excluding carboxylic acids is 2. The fraction of sp³-hybridized carbons (Fsp3) is 0.778. The second-order valence-corrected chi connectivity index (χ2v) is 3.17. The zero-order valence-corrected chi connectivity index (χ0v) is 8.32. The summed E-state index contributed by atoms with van der Waals surface area (Å²) in [5.41, 5.74) is 0. The molecule has 0 unspecified atom stereocenters. The molecule has 0 N–H and O–H groups in total. The molecule has 1 saturated heterocycles. The first-order chi connectivity index (χ1) is 6.63. The Morgan fingerprint density at radius 1 is 1.36 bits per heavy atom. The smallest absolute Gasteiger partial charge is 0.311 e. The molecule has 2 atom stereocenters. The van der Waals surface area contributed by atoms with Crippen molar-refractivity contribution >= 4 is 11.9 Å². The number of rotatable bonds is 2. The van der Waals surface area contributed by atoms with E-state index >= 15 is 0 Å². The van der Waals surface area contributed by atoms with Gasteiger partial charge in [-0.15, -0.1) is 0 Å². The maximum atomic E-state index is 11.1. The molecule has 80 valence electrons. The molecule has 0 spiro atoms. The van der Waals surface area contributed by atoms with Crippen molar-refractivity contribution in [1.82, 2.24) is 0 Å². The van der Waals surface area contributed by atoms with E-state index in [9.17, 15) is 9.59 Å². The lowest BCUT2D eigenvalue weighted by molar-refractivity contribution is -0.193. The zero-order valence-electron chi connectivity index (χ0n) is 8.32. The zero-order chi connectivity index (χ0) is 10.6. The Morgan fingerprint density at radius 3 is 2.50 bits per heavy atom. The van der Waals surface area contributed by atoms with E-state index in [1.165, 1.54) is 14.0 Å². The lowest BCUT2D eigenvalue weighted by Crippen LogP contribution is -2.33. The van der Waals surface area contributed by atoms with Gasteiger partial charge >= 0.3 is 11.9 Å². The Kier molecular flexibility index (Phi) is 3.88. The SMILES string of the molecule is COC(=O)[C@@H]1CC[C@@H](OC(C)=O)OC1. The maximum absolute atomic E-state index is 11.1. The van der Waals surface area contributed by atoms with Crippen molar-refractivity contribution < 1.29 is 23.8 Å². The van der Waals surface area contributed by atoms with E-state index < -0.39 is 6.29 Å². The molecule has 0 bridgehead atoms. The lowest BCUT2D eigenvalue weighted by Gasteiger charge is -2.26. The number of carbonyl (C=O) groups is 2. The van der Waals surface area contributed by atoms with Crippen LogP contribution in [0.15, 0.2) is 0 Å². The Labute approximate surface area is 82.3 Å². The van der Waals surface area contributed by atoms with E-state index in [0.29, 0.717) is 12.8 Å². The van der Waals surface area contributed by atoms with Crippen molar-refractivity contribution in [3.8, 4) is 0 Å². The Hall–Kier alpha value is -1.10. The van der Waals surface area contributed by atoms with Gasteiger partial charge in [0.1, 0.15) is 0 Å². The predicted octanol–water partition coefficient (Wildman–Crippen LogP) is 0.475. The fourth-order valence-corrected chi connectivity index (χ4v) is 1.36. The average Bonchev–Trinajstić information content (AvgIpc) is 2.17. The van der Waals surface area contributed by atoms with Crippen LogP contribution in [0, 0.1) is 5.92 Å². The number of hydrogen-bond acceptors (Lipinski definition) is 5. The van der Waals surface area contributed by atoms with E-state index in [1.54, 1.807) is 0 Å². The highest BCUT2D eigenvalue weighted by atomic mass is 16.7. The summed E-state index contributed by atoms with van der Waals surface area (Å²) in [6, 6.07) is 0. The van der Waals surface area contributed by atoms with Crippen molar-refractivity contribution in [2.75, 3.05) is 13.7 Å². The predicted molar refractivity (Wildman–Crippen MR) is 46.2 cm³/mol. The molecule has 0 aliphatic carbocycles. The summed E-state index contributed by atoms with van der Waals surface area (Å²) in [4.78, 5) is 21.7. The van der Waals surface area contributed by atoms with Gasteiger partial charge in [0.25, 0.3) is 0 Å². The Morgan fingerprint density at radius 2 is 2.07 bits per heavy atom. The van der Waals surface area contributed by atoms with E-state index in [1.807, 2.05) is 0 Å². The van der Waals surface area contributed by atoms with Crippen LogP contribution >= 0.6 is 0 Å². The highest BCUT2D eigenvalue weighted by Crippen LogP contribution is 2.20. The summed E-state index contributed by atoms with van der Waals surface area (Å²) in [5, 5.41) is 0. The van der Waals surface area contributed by atoms with Gasteiger partial charge < -0.3 is 14.2 Å². The molecule has 5 heteroatoms. The van der Waals surface area contributed by atoms with Gasteiger partial charge in [-0.1, -0.05) is 0 Å². The molecule has 1 rings (SSSR count). The second kappa shape index (κ2) is 4.95. The minimum absolute atomic E-state index is 0.230. The first-order valence-corrected chi connectivity index (χ1v) is 4.50. The number of hydrogen-bond donors (Lipinski definition) is 0. The molecule has 5 nitrogen and oxygen atoms in total. The van der Waals surface area contributed by atoms with Crippen molar-refractivity contribution in [3.05, 3.63) is 0 Å². The maximum Gasteiger partial charge on any atom is 0.311 e. The third-order valence-corrected chi connectivity index (χ3v) is 2.07. The fourth-order valence-electron chi connectivity index (χ4n) is 1.36. The van der Waals surface area contributed by atoms with Crippen LogP contribution in [0.5, 0.6) is 0 Å². The van der Waals surface area contributed by atoms with Crippen LogP contribution in [0.4, 0.5) is 0 Å². The van der Waals surface area contributed by atoms with Crippen LogP contribution in [0.1, 0.15) is 19.8 Å². The van der Waals surface area contributed by atoms with Crippen LogP contribution < -0.4 is 0 Å². The van der Waals surface area contributed by atoms with E-state index in [4.69, 9.17) is 9.47 Å². The summed E-state index contributed by atoms with van der Waals surface area (Å²) >= 11 is 0. The molecule has 0 aromatic heterocycles. The van der Waals surface area contributed by atoms with E-state index in [-0.39, 0.29) is 24.5 Å². The van der Waals surface area contributed by atoms with Crippen molar-refractivity contribution in [1.29, 1.82) is 0 Å². The second-order valence-electron chi connectivity index (χ2n) is 3.17. The van der Waals surface area contributed by atoms with Crippen LogP contribution in [0.2, 0.25) is 0 Å². The van der Waals surface area contributed by atoms with Gasteiger partial charge in [-0.25, -0.2) is 0 Å². The molecule has 1 aliphatic rings. The van der Waals surface area contributed by atoms with Crippen LogP contribution in [0.3, 0.4) is 0 Å². The monoisotopic (exact) mass is 202 g/mol. The summed E-state index contributed by atoms with van der Waals surface area (Å²) in [6.45, 7) is 1.58. The minimum Gasteiger partial charge on any atom is -0.469 e. The molecular weight excluding hydrogens is 188 g/mol. The Bertz CT molecular complexity index is 217. The van der Waals surface area contributed by atoms with E-state index in [2.05, 4.69) is 4.74 Å². The third kappa shape index (κ3) is 2.99. The third-order valence-electron chi connectivity index (χ3n) is 2.07. The lowest BCUT2D eigenvalue weighted by atomic mass is 10.0. The Balaban J connectivity index is 2.31. The van der Waals surface area contributed by atoms with Crippen molar-refractivity contribution in [3.63, 3.8) is 0 Å². The highest BCUT2D eigenvalue weighted by molar-refractivity contribution is 5.72. The van der Waals surface area contributed by atoms with Crippen LogP contribution in [-0.2, 0) is 23.8 Å². The number of methoxy groups -OCH3 is 1. The molecular formula is C9H14O5. The quantitative estimate of drug-likeness (QED) is 0.609. The minimum atomic E-state index is -0.506. The van der Waals surface area contributed by atoms with Gasteiger partial charge in [0.15, 0.2) is 0 Å². The normalized spacial score (nSPS) is 26.7. The van der Waals surface area contributed by atoms with Crippen molar-refractivity contribution in [2.24, 2.45) is 5.92 Å². The molecule has 1 fully saturated rings. The molecule has 1 heterocycles. The first kappa shape index (κ1) is 11.0. The molecule has 1 aliphatic heterocycles. The van der Waals surface area contributed by atoms with Crippen LogP contribution in [0.25, 0.3) is 0 Å². The summed E-state index contributed by atoms with van der Waals surface area (Å²) in [5.74, 6) is -0.871. The van der Waals surface area contributed by atoms with Gasteiger partial charge in [-0.3, -0.25) is 9.59 Å². The molecule has 0 amide bonds. The number of ether oxygens (including phenoxy) is 3. The topological polar surface area (TPSA) is 61.8 Å². The molecule has 0 aromatic carbocycles. The summed E-state index contributed by atoms with van der Waals surface area (Å²) in [7, 11) is 1.35. The van der Waals surface area contributed by atoms with Gasteiger partial charge in [0.2, 0.25) is 6.29 Å².